The Hall–Kier alpha value is -1.65. The minimum atomic E-state index is -0.206. The SMILES string of the molecule is CCN(CC)C(=O)CN1C(=O)[C@@H]2[C@H](C1=O)[C@H]1C=C[C@H]2C1. The van der Waals surface area contributed by atoms with Crippen molar-refractivity contribution in [3.05, 3.63) is 12.2 Å². The molecule has 1 heterocycles. The van der Waals surface area contributed by atoms with E-state index in [2.05, 4.69) is 12.2 Å². The van der Waals surface area contributed by atoms with E-state index in [9.17, 15) is 14.4 Å². The van der Waals surface area contributed by atoms with Gasteiger partial charge in [-0.1, -0.05) is 12.2 Å². The zero-order chi connectivity index (χ0) is 14.4. The van der Waals surface area contributed by atoms with Crippen molar-refractivity contribution < 1.29 is 14.4 Å². The minimum absolute atomic E-state index is 0.0915. The second-order valence-corrected chi connectivity index (χ2v) is 5.83. The third kappa shape index (κ3) is 1.72. The Morgan fingerprint density at radius 1 is 1.15 bits per heavy atom. The maximum absolute atomic E-state index is 12.4. The Labute approximate surface area is 118 Å². The standard InChI is InChI=1S/C15H20N2O3/c1-3-16(4-2)11(18)8-17-14(19)12-9-5-6-10(7-9)13(12)15(17)20/h5-6,9-10,12-13H,3-4,7-8H2,1-2H3/t9-,10-,12-,13+/m0/s1. The number of rotatable bonds is 4. The van der Waals surface area contributed by atoms with Crippen molar-refractivity contribution in [1.29, 1.82) is 0 Å². The summed E-state index contributed by atoms with van der Waals surface area (Å²) >= 11 is 0. The van der Waals surface area contributed by atoms with E-state index in [-0.39, 0.29) is 47.9 Å². The van der Waals surface area contributed by atoms with Crippen LogP contribution in [0.5, 0.6) is 0 Å². The summed E-state index contributed by atoms with van der Waals surface area (Å²) in [5, 5.41) is 0. The first-order valence-corrected chi connectivity index (χ1v) is 7.39. The summed E-state index contributed by atoms with van der Waals surface area (Å²) in [7, 11) is 0. The maximum Gasteiger partial charge on any atom is 0.242 e. The fourth-order valence-corrected chi connectivity index (χ4v) is 3.93. The lowest BCUT2D eigenvalue weighted by Crippen LogP contribution is -2.43. The highest BCUT2D eigenvalue weighted by Crippen LogP contribution is 2.52. The van der Waals surface area contributed by atoms with Gasteiger partial charge in [0.05, 0.1) is 11.8 Å². The molecule has 0 N–H and O–H groups in total. The summed E-state index contributed by atoms with van der Waals surface area (Å²) < 4.78 is 0. The largest absolute Gasteiger partial charge is 0.342 e. The lowest BCUT2D eigenvalue weighted by Gasteiger charge is -2.23. The molecule has 0 aromatic carbocycles. The summed E-state index contributed by atoms with van der Waals surface area (Å²) in [6.07, 6.45) is 5.05. The third-order valence-electron chi connectivity index (χ3n) is 4.97. The van der Waals surface area contributed by atoms with Gasteiger partial charge in [0.15, 0.2) is 0 Å². The molecule has 5 heteroatoms. The van der Waals surface area contributed by atoms with Gasteiger partial charge in [-0.3, -0.25) is 19.3 Å². The van der Waals surface area contributed by atoms with Crippen LogP contribution in [0.1, 0.15) is 20.3 Å². The molecule has 20 heavy (non-hydrogen) atoms. The first kappa shape index (κ1) is 13.3. The van der Waals surface area contributed by atoms with Crippen LogP contribution in [0.2, 0.25) is 0 Å². The van der Waals surface area contributed by atoms with Crippen molar-refractivity contribution in [1.82, 2.24) is 9.80 Å². The molecule has 3 rings (SSSR count). The minimum Gasteiger partial charge on any atom is -0.342 e. The van der Waals surface area contributed by atoms with E-state index in [1.807, 2.05) is 13.8 Å². The molecule has 2 fully saturated rings. The van der Waals surface area contributed by atoms with E-state index < -0.39 is 0 Å². The van der Waals surface area contributed by atoms with Crippen LogP contribution < -0.4 is 0 Å². The Bertz CT molecular complexity index is 465. The maximum atomic E-state index is 12.4. The molecule has 1 aliphatic heterocycles. The van der Waals surface area contributed by atoms with Gasteiger partial charge in [-0.15, -0.1) is 0 Å². The summed E-state index contributed by atoms with van der Waals surface area (Å²) in [5.41, 5.74) is 0. The molecule has 0 aromatic heterocycles. The van der Waals surface area contributed by atoms with Crippen molar-refractivity contribution in [2.45, 2.75) is 20.3 Å². The molecule has 3 amide bonds. The smallest absolute Gasteiger partial charge is 0.242 e. The van der Waals surface area contributed by atoms with Crippen LogP contribution in [0.4, 0.5) is 0 Å². The van der Waals surface area contributed by atoms with Crippen molar-refractivity contribution in [3.8, 4) is 0 Å². The van der Waals surface area contributed by atoms with E-state index in [1.54, 1.807) is 4.90 Å². The van der Waals surface area contributed by atoms with E-state index >= 15 is 0 Å². The van der Waals surface area contributed by atoms with E-state index in [0.717, 1.165) is 6.42 Å². The number of imide groups is 1. The normalized spacial score (nSPS) is 34.0. The van der Waals surface area contributed by atoms with Crippen LogP contribution in [0.25, 0.3) is 0 Å². The Morgan fingerprint density at radius 2 is 1.65 bits per heavy atom. The van der Waals surface area contributed by atoms with Crippen molar-refractivity contribution >= 4 is 17.7 Å². The van der Waals surface area contributed by atoms with Crippen molar-refractivity contribution in [2.75, 3.05) is 19.6 Å². The average Bonchev–Trinajstić information content (AvgIpc) is 3.10. The molecule has 2 aliphatic carbocycles. The second-order valence-electron chi connectivity index (χ2n) is 5.83. The fraction of sp³-hybridized carbons (Fsp3) is 0.667. The predicted molar refractivity (Wildman–Crippen MR) is 72.4 cm³/mol. The number of hydrogen-bond acceptors (Lipinski definition) is 3. The molecular weight excluding hydrogens is 256 g/mol. The predicted octanol–water partition coefficient (Wildman–Crippen LogP) is 0.662. The molecule has 4 atom stereocenters. The molecule has 3 aliphatic rings. The second kappa shape index (κ2) is 4.72. The number of amides is 3. The van der Waals surface area contributed by atoms with Crippen LogP contribution in [0.3, 0.4) is 0 Å². The molecule has 0 unspecified atom stereocenters. The summed E-state index contributed by atoms with van der Waals surface area (Å²) in [5.74, 6) is -0.430. The molecule has 0 aromatic rings. The van der Waals surface area contributed by atoms with E-state index in [4.69, 9.17) is 0 Å². The summed E-state index contributed by atoms with van der Waals surface area (Å²) in [4.78, 5) is 39.8. The Morgan fingerprint density at radius 3 is 2.10 bits per heavy atom. The zero-order valence-corrected chi connectivity index (χ0v) is 11.9. The quantitative estimate of drug-likeness (QED) is 0.560. The van der Waals surface area contributed by atoms with Crippen LogP contribution in [-0.2, 0) is 14.4 Å². The van der Waals surface area contributed by atoms with Gasteiger partial charge in [0.25, 0.3) is 0 Å². The van der Waals surface area contributed by atoms with Crippen LogP contribution in [0, 0.1) is 23.7 Å². The lowest BCUT2D eigenvalue weighted by molar-refractivity contribution is -0.147. The highest BCUT2D eigenvalue weighted by Gasteiger charge is 2.59. The molecule has 108 valence electrons. The lowest BCUT2D eigenvalue weighted by atomic mass is 9.85. The number of carbonyl (C=O) groups is 3. The number of allylic oxidation sites excluding steroid dienone is 2. The highest BCUT2D eigenvalue weighted by molar-refractivity contribution is 6.08. The molecule has 2 bridgehead atoms. The number of carbonyl (C=O) groups excluding carboxylic acids is 3. The fourth-order valence-electron chi connectivity index (χ4n) is 3.93. The molecule has 1 saturated carbocycles. The van der Waals surface area contributed by atoms with Gasteiger partial charge in [0, 0.05) is 13.1 Å². The van der Waals surface area contributed by atoms with Crippen LogP contribution in [0.15, 0.2) is 12.2 Å². The summed E-state index contributed by atoms with van der Waals surface area (Å²) in [6.45, 7) is 4.91. The topological polar surface area (TPSA) is 57.7 Å². The molecular formula is C15H20N2O3. The van der Waals surface area contributed by atoms with Gasteiger partial charge in [-0.05, 0) is 32.1 Å². The number of likely N-dealkylation sites (N-methyl/N-ethyl adjacent to an activating group) is 1. The molecule has 0 spiro atoms. The molecule has 5 nitrogen and oxygen atoms in total. The first-order valence-electron chi connectivity index (χ1n) is 7.39. The number of hydrogen-bond donors (Lipinski definition) is 0. The van der Waals surface area contributed by atoms with Gasteiger partial charge in [-0.25, -0.2) is 0 Å². The highest BCUT2D eigenvalue weighted by atomic mass is 16.2. The van der Waals surface area contributed by atoms with Gasteiger partial charge in [0.2, 0.25) is 17.7 Å². The Balaban J connectivity index is 1.75. The first-order chi connectivity index (χ1) is 9.58. The number of fused-ring (bicyclic) bond motifs is 5. The van der Waals surface area contributed by atoms with Gasteiger partial charge >= 0.3 is 0 Å². The van der Waals surface area contributed by atoms with Crippen LogP contribution in [-0.4, -0.2) is 47.2 Å². The average molecular weight is 276 g/mol. The third-order valence-corrected chi connectivity index (χ3v) is 4.97. The van der Waals surface area contributed by atoms with Crippen molar-refractivity contribution in [2.24, 2.45) is 23.7 Å². The van der Waals surface area contributed by atoms with Gasteiger partial charge in [0.1, 0.15) is 6.54 Å². The summed E-state index contributed by atoms with van der Waals surface area (Å²) in [6, 6.07) is 0. The number of likely N-dealkylation sites (tertiary alicyclic amines) is 1. The monoisotopic (exact) mass is 276 g/mol. The zero-order valence-electron chi connectivity index (χ0n) is 11.9. The molecule has 0 radical (unpaired) electrons. The Kier molecular flexibility index (Phi) is 3.15. The van der Waals surface area contributed by atoms with E-state index in [0.29, 0.717) is 13.1 Å². The van der Waals surface area contributed by atoms with E-state index in [1.165, 1.54) is 4.90 Å². The van der Waals surface area contributed by atoms with Crippen molar-refractivity contribution in [3.63, 3.8) is 0 Å². The van der Waals surface area contributed by atoms with Gasteiger partial charge < -0.3 is 4.90 Å². The molecule has 1 saturated heterocycles. The van der Waals surface area contributed by atoms with Crippen LogP contribution >= 0.6 is 0 Å². The number of nitrogens with zero attached hydrogens (tertiary/aromatic N) is 2. The van der Waals surface area contributed by atoms with Gasteiger partial charge in [-0.2, -0.15) is 0 Å².